The van der Waals surface area contributed by atoms with Crippen molar-refractivity contribution in [1.82, 2.24) is 25.9 Å². The smallest absolute Gasteiger partial charge is 0.326 e. The molecule has 186 valence electrons. The molecule has 14 nitrogen and oxygen atoms in total. The number of rotatable bonds is 15. The number of imidazole rings is 1. The van der Waals surface area contributed by atoms with Gasteiger partial charge in [0.05, 0.1) is 25.1 Å². The van der Waals surface area contributed by atoms with Crippen molar-refractivity contribution in [2.45, 2.75) is 62.9 Å². The van der Waals surface area contributed by atoms with Crippen LogP contribution in [0.3, 0.4) is 0 Å². The number of carbonyl (C=O) groups excluding carboxylic acids is 3. The van der Waals surface area contributed by atoms with E-state index in [4.69, 9.17) is 11.5 Å². The predicted molar refractivity (Wildman–Crippen MR) is 115 cm³/mol. The predicted octanol–water partition coefficient (Wildman–Crippen LogP) is -3.68. The molecule has 0 bridgehead atoms. The lowest BCUT2D eigenvalue weighted by Gasteiger charge is -2.25. The van der Waals surface area contributed by atoms with Crippen molar-refractivity contribution in [2.24, 2.45) is 11.5 Å². The Labute approximate surface area is 190 Å². The summed E-state index contributed by atoms with van der Waals surface area (Å²) in [5, 5.41) is 35.6. The fraction of sp³-hybridized carbons (Fsp3) is 0.632. The highest BCUT2D eigenvalue weighted by Gasteiger charge is 2.32. The van der Waals surface area contributed by atoms with E-state index < -0.39 is 60.6 Å². The molecule has 33 heavy (non-hydrogen) atoms. The second-order valence-electron chi connectivity index (χ2n) is 7.54. The molecule has 14 heteroatoms. The molecule has 1 rings (SSSR count). The maximum Gasteiger partial charge on any atom is 0.326 e. The van der Waals surface area contributed by atoms with E-state index in [0.29, 0.717) is 31.5 Å². The van der Waals surface area contributed by atoms with Gasteiger partial charge < -0.3 is 47.7 Å². The first-order valence-electron chi connectivity index (χ1n) is 10.5. The lowest BCUT2D eigenvalue weighted by molar-refractivity contribution is -0.142. The number of aromatic amines is 1. The quantitative estimate of drug-likeness (QED) is 0.113. The molecule has 0 radical (unpaired) electrons. The molecule has 0 aliphatic heterocycles. The summed E-state index contributed by atoms with van der Waals surface area (Å²) in [6.07, 6.45) is 2.89. The van der Waals surface area contributed by atoms with Gasteiger partial charge in [0.1, 0.15) is 18.1 Å². The van der Waals surface area contributed by atoms with Crippen LogP contribution in [0.25, 0.3) is 0 Å². The van der Waals surface area contributed by atoms with Gasteiger partial charge in [-0.1, -0.05) is 6.42 Å². The zero-order valence-corrected chi connectivity index (χ0v) is 18.4. The molecule has 3 amide bonds. The van der Waals surface area contributed by atoms with Crippen LogP contribution in [0.5, 0.6) is 0 Å². The van der Waals surface area contributed by atoms with Crippen molar-refractivity contribution in [3.05, 3.63) is 18.2 Å². The van der Waals surface area contributed by atoms with Crippen molar-refractivity contribution in [3.63, 3.8) is 0 Å². The number of unbranched alkanes of at least 4 members (excludes halogenated alkanes) is 1. The Hall–Kier alpha value is -3.07. The number of amides is 3. The van der Waals surface area contributed by atoms with E-state index in [1.54, 1.807) is 0 Å². The molecule has 1 aromatic heterocycles. The third-order valence-electron chi connectivity index (χ3n) is 4.78. The van der Waals surface area contributed by atoms with Crippen LogP contribution in [0.2, 0.25) is 0 Å². The van der Waals surface area contributed by atoms with Crippen molar-refractivity contribution >= 4 is 23.7 Å². The highest BCUT2D eigenvalue weighted by Crippen LogP contribution is 2.03. The molecule has 5 atom stereocenters. The number of aliphatic hydroxyl groups is 2. The number of aliphatic carboxylic acids is 1. The molecule has 0 aromatic carbocycles. The third-order valence-corrected chi connectivity index (χ3v) is 4.78. The lowest BCUT2D eigenvalue weighted by atomic mass is 10.1. The lowest BCUT2D eigenvalue weighted by Crippen LogP contribution is -2.60. The number of nitrogens with two attached hydrogens (primary N) is 2. The first-order valence-corrected chi connectivity index (χ1v) is 10.5. The van der Waals surface area contributed by atoms with E-state index in [2.05, 4.69) is 25.9 Å². The molecule has 11 N–H and O–H groups in total. The largest absolute Gasteiger partial charge is 0.480 e. The molecule has 0 aliphatic carbocycles. The van der Waals surface area contributed by atoms with Gasteiger partial charge in [-0.05, 0) is 26.3 Å². The average molecular weight is 472 g/mol. The summed E-state index contributed by atoms with van der Waals surface area (Å²) in [7, 11) is 0. The number of nitrogens with one attached hydrogen (secondary N) is 4. The highest BCUT2D eigenvalue weighted by atomic mass is 16.4. The second-order valence-corrected chi connectivity index (χ2v) is 7.54. The Morgan fingerprint density at radius 3 is 2.27 bits per heavy atom. The van der Waals surface area contributed by atoms with Crippen molar-refractivity contribution in [1.29, 1.82) is 0 Å². The van der Waals surface area contributed by atoms with Crippen LogP contribution in [0, 0.1) is 0 Å². The van der Waals surface area contributed by atoms with E-state index >= 15 is 0 Å². The summed E-state index contributed by atoms with van der Waals surface area (Å²) in [4.78, 5) is 55.3. The van der Waals surface area contributed by atoms with Gasteiger partial charge in [-0.25, -0.2) is 9.78 Å². The fourth-order valence-corrected chi connectivity index (χ4v) is 2.85. The molecule has 0 saturated carbocycles. The SMILES string of the molecule is CC(O)C(NC(=O)C(N)CCCCN)C(=O)NC(CO)C(=O)NC(Cc1cnc[nH]1)C(=O)O. The number of H-pyrrole nitrogens is 1. The van der Waals surface area contributed by atoms with Gasteiger partial charge in [0, 0.05) is 18.3 Å². The van der Waals surface area contributed by atoms with E-state index in [0.717, 1.165) is 0 Å². The molecular formula is C19H33N7O7. The van der Waals surface area contributed by atoms with Gasteiger partial charge in [0.15, 0.2) is 0 Å². The van der Waals surface area contributed by atoms with Gasteiger partial charge in [-0.3, -0.25) is 14.4 Å². The Morgan fingerprint density at radius 2 is 1.76 bits per heavy atom. The number of carboxylic acids is 1. The zero-order valence-electron chi connectivity index (χ0n) is 18.4. The van der Waals surface area contributed by atoms with Gasteiger partial charge in [-0.2, -0.15) is 0 Å². The van der Waals surface area contributed by atoms with Gasteiger partial charge in [0.2, 0.25) is 17.7 Å². The van der Waals surface area contributed by atoms with Gasteiger partial charge in [-0.15, -0.1) is 0 Å². The molecule has 1 heterocycles. The summed E-state index contributed by atoms with van der Waals surface area (Å²) in [5.41, 5.74) is 11.6. The van der Waals surface area contributed by atoms with Crippen LogP contribution in [0.15, 0.2) is 12.5 Å². The van der Waals surface area contributed by atoms with Crippen LogP contribution in [0.1, 0.15) is 31.9 Å². The highest BCUT2D eigenvalue weighted by molar-refractivity contribution is 5.94. The Morgan fingerprint density at radius 1 is 1.09 bits per heavy atom. The molecule has 0 saturated heterocycles. The van der Waals surface area contributed by atoms with E-state index in [9.17, 15) is 34.5 Å². The minimum absolute atomic E-state index is 0.110. The number of nitrogens with zero attached hydrogens (tertiary/aromatic N) is 1. The van der Waals surface area contributed by atoms with Crippen LogP contribution in [-0.2, 0) is 25.6 Å². The summed E-state index contributed by atoms with van der Waals surface area (Å²) in [6.45, 7) is 0.846. The molecule has 5 unspecified atom stereocenters. The number of aliphatic hydroxyl groups excluding tert-OH is 2. The minimum Gasteiger partial charge on any atom is -0.480 e. The van der Waals surface area contributed by atoms with Crippen LogP contribution in [-0.4, -0.2) is 92.4 Å². The molecule has 0 spiro atoms. The Balaban J connectivity index is 2.76. The van der Waals surface area contributed by atoms with Gasteiger partial charge >= 0.3 is 5.97 Å². The summed E-state index contributed by atoms with van der Waals surface area (Å²) < 4.78 is 0. The molecule has 1 aromatic rings. The normalized spacial score (nSPS) is 15.5. The maximum absolute atomic E-state index is 12.6. The van der Waals surface area contributed by atoms with Gasteiger partial charge in [0.25, 0.3) is 0 Å². The van der Waals surface area contributed by atoms with Crippen molar-refractivity contribution in [2.75, 3.05) is 13.2 Å². The number of carboxylic acid groups (broad SMARTS) is 1. The maximum atomic E-state index is 12.6. The average Bonchev–Trinajstić information content (AvgIpc) is 3.27. The summed E-state index contributed by atoms with van der Waals surface area (Å²) in [5.74, 6) is -3.93. The first kappa shape index (κ1) is 28.0. The molecule has 0 fully saturated rings. The number of hydrogen-bond donors (Lipinski definition) is 9. The van der Waals surface area contributed by atoms with E-state index in [1.165, 1.54) is 19.4 Å². The van der Waals surface area contributed by atoms with Crippen molar-refractivity contribution < 1.29 is 34.5 Å². The van der Waals surface area contributed by atoms with E-state index in [-0.39, 0.29) is 6.42 Å². The monoisotopic (exact) mass is 471 g/mol. The number of aromatic nitrogens is 2. The minimum atomic E-state index is -1.53. The van der Waals surface area contributed by atoms with E-state index in [1.807, 2.05) is 0 Å². The van der Waals surface area contributed by atoms with Crippen LogP contribution in [0.4, 0.5) is 0 Å². The topological polar surface area (TPSA) is 246 Å². The Kier molecular flexibility index (Phi) is 12.0. The summed E-state index contributed by atoms with van der Waals surface area (Å²) in [6, 6.07) is -5.28. The van der Waals surface area contributed by atoms with Crippen LogP contribution >= 0.6 is 0 Å². The third kappa shape index (κ3) is 9.53. The second kappa shape index (κ2) is 14.2. The number of hydrogen-bond acceptors (Lipinski definition) is 9. The first-order chi connectivity index (χ1) is 15.6. The molecular weight excluding hydrogens is 438 g/mol. The Bertz CT molecular complexity index is 773. The van der Waals surface area contributed by atoms with Crippen molar-refractivity contribution in [3.8, 4) is 0 Å². The fourth-order valence-electron chi connectivity index (χ4n) is 2.85. The number of carbonyl (C=O) groups is 4. The summed E-state index contributed by atoms with van der Waals surface area (Å²) >= 11 is 0. The van der Waals surface area contributed by atoms with Crippen LogP contribution < -0.4 is 27.4 Å². The zero-order chi connectivity index (χ0) is 25.0. The standard InChI is InChI=1S/C19H33N7O7/c1-10(28)15(26-16(29)12(21)4-2-3-5-20)18(31)25-14(8-27)17(30)24-13(19(32)33)6-11-7-22-9-23-11/h7,9-10,12-15,27-28H,2-6,8,20-21H2,1H3,(H,22,23)(H,24,30)(H,25,31)(H,26,29)(H,32,33). The molecule has 0 aliphatic rings.